The highest BCUT2D eigenvalue weighted by Gasteiger charge is 1.93. The summed E-state index contributed by atoms with van der Waals surface area (Å²) in [5.41, 5.74) is 0. The maximum atomic E-state index is 5.43. The molecule has 0 saturated carbocycles. The van der Waals surface area contributed by atoms with Gasteiger partial charge in [0.2, 0.25) is 0 Å². The van der Waals surface area contributed by atoms with Crippen LogP contribution in [0.3, 0.4) is 0 Å². The van der Waals surface area contributed by atoms with E-state index in [0.29, 0.717) is 13.2 Å². The van der Waals surface area contributed by atoms with Crippen LogP contribution in [0.1, 0.15) is 26.7 Å². The molecule has 0 heterocycles. The second-order valence-corrected chi connectivity index (χ2v) is 4.50. The van der Waals surface area contributed by atoms with Crippen LogP contribution in [0.15, 0.2) is 0 Å². The summed E-state index contributed by atoms with van der Waals surface area (Å²) in [4.78, 5) is 0. The molecule has 1 N–H and O–H groups in total. The average Bonchev–Trinajstić information content (AvgIpc) is 2.30. The van der Waals surface area contributed by atoms with E-state index < -0.39 is 0 Å². The highest BCUT2D eigenvalue weighted by atomic mass is 16.5. The summed E-state index contributed by atoms with van der Waals surface area (Å²) in [6.07, 6.45) is 2.18. The van der Waals surface area contributed by atoms with Crippen molar-refractivity contribution >= 4 is 0 Å². The van der Waals surface area contributed by atoms with E-state index in [9.17, 15) is 0 Å². The molecule has 0 amide bonds. The Labute approximate surface area is 106 Å². The van der Waals surface area contributed by atoms with E-state index >= 15 is 0 Å². The first-order valence-electron chi connectivity index (χ1n) is 6.62. The standard InChI is InChI=1S/C13H29NO3/c1-13(2)5-6-14-7-10-17-12-11-16-9-4-8-15-3/h13-14H,4-12H2,1-3H3. The molecule has 0 rings (SSSR count). The molecule has 104 valence electrons. The van der Waals surface area contributed by atoms with Gasteiger partial charge in [0.15, 0.2) is 0 Å². The summed E-state index contributed by atoms with van der Waals surface area (Å²) in [6, 6.07) is 0. The van der Waals surface area contributed by atoms with Gasteiger partial charge in [0.1, 0.15) is 0 Å². The fourth-order valence-corrected chi connectivity index (χ4v) is 1.29. The first-order chi connectivity index (χ1) is 8.27. The molecule has 0 saturated heterocycles. The molecule has 0 aliphatic carbocycles. The third-order valence-corrected chi connectivity index (χ3v) is 2.33. The molecule has 0 bridgehead atoms. The van der Waals surface area contributed by atoms with Crippen LogP contribution in [-0.2, 0) is 14.2 Å². The maximum Gasteiger partial charge on any atom is 0.0701 e. The van der Waals surface area contributed by atoms with E-state index in [1.807, 2.05) is 0 Å². The third kappa shape index (κ3) is 15.8. The minimum atomic E-state index is 0.676. The predicted molar refractivity (Wildman–Crippen MR) is 70.5 cm³/mol. The smallest absolute Gasteiger partial charge is 0.0701 e. The van der Waals surface area contributed by atoms with Crippen LogP contribution in [0.4, 0.5) is 0 Å². The molecule has 0 unspecified atom stereocenters. The van der Waals surface area contributed by atoms with Crippen LogP contribution < -0.4 is 5.32 Å². The van der Waals surface area contributed by atoms with Crippen molar-refractivity contribution in [3.8, 4) is 0 Å². The lowest BCUT2D eigenvalue weighted by atomic mass is 10.1. The zero-order valence-electron chi connectivity index (χ0n) is 11.7. The van der Waals surface area contributed by atoms with Crippen molar-refractivity contribution in [3.63, 3.8) is 0 Å². The molecule has 4 heteroatoms. The zero-order chi connectivity index (χ0) is 12.8. The summed E-state index contributed by atoms with van der Waals surface area (Å²) in [7, 11) is 1.70. The van der Waals surface area contributed by atoms with Gasteiger partial charge in [-0.3, -0.25) is 0 Å². The van der Waals surface area contributed by atoms with E-state index in [0.717, 1.165) is 45.2 Å². The Morgan fingerprint density at radius 3 is 2.24 bits per heavy atom. The summed E-state index contributed by atoms with van der Waals surface area (Å²) in [5, 5.41) is 3.35. The minimum absolute atomic E-state index is 0.676. The Bertz CT molecular complexity index is 143. The van der Waals surface area contributed by atoms with Crippen molar-refractivity contribution in [3.05, 3.63) is 0 Å². The summed E-state index contributed by atoms with van der Waals surface area (Å²) < 4.78 is 15.7. The Hall–Kier alpha value is -0.160. The van der Waals surface area contributed by atoms with E-state index in [4.69, 9.17) is 14.2 Å². The van der Waals surface area contributed by atoms with Gasteiger partial charge in [0, 0.05) is 26.9 Å². The summed E-state index contributed by atoms with van der Waals surface area (Å²) >= 11 is 0. The van der Waals surface area contributed by atoms with Gasteiger partial charge in [-0.15, -0.1) is 0 Å². The number of methoxy groups -OCH3 is 1. The van der Waals surface area contributed by atoms with E-state index in [1.165, 1.54) is 6.42 Å². The Morgan fingerprint density at radius 2 is 1.59 bits per heavy atom. The molecule has 0 atom stereocenters. The van der Waals surface area contributed by atoms with Crippen molar-refractivity contribution in [2.75, 3.05) is 53.2 Å². The van der Waals surface area contributed by atoms with Crippen LogP contribution in [0.5, 0.6) is 0 Å². The monoisotopic (exact) mass is 247 g/mol. The quantitative estimate of drug-likeness (QED) is 0.503. The van der Waals surface area contributed by atoms with Gasteiger partial charge in [-0.1, -0.05) is 13.8 Å². The highest BCUT2D eigenvalue weighted by Crippen LogP contribution is 1.95. The third-order valence-electron chi connectivity index (χ3n) is 2.33. The Morgan fingerprint density at radius 1 is 0.882 bits per heavy atom. The SMILES string of the molecule is COCCCOCCOCCNCCC(C)C. The van der Waals surface area contributed by atoms with Gasteiger partial charge >= 0.3 is 0 Å². The van der Waals surface area contributed by atoms with Gasteiger partial charge in [-0.05, 0) is 25.3 Å². The molecule has 0 spiro atoms. The van der Waals surface area contributed by atoms with Gasteiger partial charge < -0.3 is 19.5 Å². The van der Waals surface area contributed by atoms with Crippen LogP contribution in [0.2, 0.25) is 0 Å². The zero-order valence-corrected chi connectivity index (χ0v) is 11.7. The Kier molecular flexibility index (Phi) is 13.8. The highest BCUT2D eigenvalue weighted by molar-refractivity contribution is 4.50. The number of ether oxygens (including phenoxy) is 3. The van der Waals surface area contributed by atoms with Crippen LogP contribution in [0, 0.1) is 5.92 Å². The second-order valence-electron chi connectivity index (χ2n) is 4.50. The van der Waals surface area contributed by atoms with Gasteiger partial charge in [0.25, 0.3) is 0 Å². The molecule has 17 heavy (non-hydrogen) atoms. The van der Waals surface area contributed by atoms with Crippen molar-refractivity contribution in [2.24, 2.45) is 5.92 Å². The normalized spacial score (nSPS) is 11.3. The Balaban J connectivity index is 2.89. The molecular weight excluding hydrogens is 218 g/mol. The largest absolute Gasteiger partial charge is 0.385 e. The lowest BCUT2D eigenvalue weighted by molar-refractivity contribution is 0.0408. The molecular formula is C13H29NO3. The number of hydrogen-bond acceptors (Lipinski definition) is 4. The molecule has 4 nitrogen and oxygen atoms in total. The number of hydrogen-bond donors (Lipinski definition) is 1. The first kappa shape index (κ1) is 16.8. The van der Waals surface area contributed by atoms with Crippen molar-refractivity contribution in [1.82, 2.24) is 5.32 Å². The topological polar surface area (TPSA) is 39.7 Å². The molecule has 0 aromatic heterocycles. The minimum Gasteiger partial charge on any atom is -0.385 e. The summed E-state index contributed by atoms with van der Waals surface area (Å²) in [6.45, 7) is 10.1. The van der Waals surface area contributed by atoms with E-state index in [2.05, 4.69) is 19.2 Å². The molecule has 0 aliphatic rings. The van der Waals surface area contributed by atoms with Crippen molar-refractivity contribution in [2.45, 2.75) is 26.7 Å². The fraction of sp³-hybridized carbons (Fsp3) is 1.00. The lowest BCUT2D eigenvalue weighted by Gasteiger charge is -2.08. The van der Waals surface area contributed by atoms with Crippen molar-refractivity contribution < 1.29 is 14.2 Å². The second kappa shape index (κ2) is 13.9. The van der Waals surface area contributed by atoms with Gasteiger partial charge in [0.05, 0.1) is 19.8 Å². The number of nitrogens with one attached hydrogen (secondary N) is 1. The van der Waals surface area contributed by atoms with Gasteiger partial charge in [-0.25, -0.2) is 0 Å². The van der Waals surface area contributed by atoms with Crippen LogP contribution in [0.25, 0.3) is 0 Å². The number of rotatable bonds is 13. The van der Waals surface area contributed by atoms with Crippen molar-refractivity contribution in [1.29, 1.82) is 0 Å². The summed E-state index contributed by atoms with van der Waals surface area (Å²) in [5.74, 6) is 0.768. The van der Waals surface area contributed by atoms with Gasteiger partial charge in [-0.2, -0.15) is 0 Å². The molecule has 0 aromatic carbocycles. The first-order valence-corrected chi connectivity index (χ1v) is 6.62. The maximum absolute atomic E-state index is 5.43. The molecule has 0 radical (unpaired) electrons. The van der Waals surface area contributed by atoms with Crippen LogP contribution >= 0.6 is 0 Å². The predicted octanol–water partition coefficient (Wildman–Crippen LogP) is 1.69. The molecule has 0 aromatic rings. The molecule has 0 aliphatic heterocycles. The van der Waals surface area contributed by atoms with E-state index in [-0.39, 0.29) is 0 Å². The average molecular weight is 247 g/mol. The van der Waals surface area contributed by atoms with Crippen LogP contribution in [-0.4, -0.2) is 53.2 Å². The van der Waals surface area contributed by atoms with E-state index in [1.54, 1.807) is 7.11 Å². The molecule has 0 fully saturated rings. The fourth-order valence-electron chi connectivity index (χ4n) is 1.29. The lowest BCUT2D eigenvalue weighted by Crippen LogP contribution is -2.22.